The van der Waals surface area contributed by atoms with Gasteiger partial charge in [-0.05, 0) is 12.8 Å². The van der Waals surface area contributed by atoms with E-state index in [1.165, 1.54) is 103 Å². The van der Waals surface area contributed by atoms with Gasteiger partial charge in [0.25, 0.3) is 0 Å². The van der Waals surface area contributed by atoms with Crippen molar-refractivity contribution in [1.29, 1.82) is 0 Å². The van der Waals surface area contributed by atoms with Crippen molar-refractivity contribution in [3.8, 4) is 0 Å². The Morgan fingerprint density at radius 1 is 0.414 bits per heavy atom. The number of hydrogen-bond donors (Lipinski definition) is 0. The van der Waals surface area contributed by atoms with Gasteiger partial charge in [-0.1, -0.05) is 129 Å². The molecule has 0 N–H and O–H groups in total. The summed E-state index contributed by atoms with van der Waals surface area (Å²) in [6.07, 6.45) is 25.6. The van der Waals surface area contributed by atoms with Crippen LogP contribution in [0.25, 0.3) is 0 Å². The van der Waals surface area contributed by atoms with Crippen molar-refractivity contribution in [3.05, 3.63) is 0 Å². The lowest BCUT2D eigenvalue weighted by Gasteiger charge is -2.04. The molecule has 29 heavy (non-hydrogen) atoms. The predicted octanol–water partition coefficient (Wildman–Crippen LogP) is 8.68. The number of ether oxygens (including phenoxy) is 1. The fraction of sp³-hybridized carbons (Fsp3) is 0.923. The number of rotatable bonds is 22. The summed E-state index contributed by atoms with van der Waals surface area (Å²) in [7, 11) is 0. The first-order valence-corrected chi connectivity index (χ1v) is 12.9. The molecule has 0 amide bonds. The molecule has 0 saturated carbocycles. The van der Waals surface area contributed by atoms with Gasteiger partial charge < -0.3 is 4.74 Å². The van der Waals surface area contributed by atoms with E-state index in [1.54, 1.807) is 0 Å². The van der Waals surface area contributed by atoms with Crippen LogP contribution in [0.4, 0.5) is 0 Å². The van der Waals surface area contributed by atoms with Crippen LogP contribution in [-0.2, 0) is 14.3 Å². The quantitative estimate of drug-likeness (QED) is 0.102. The molecule has 0 aromatic heterocycles. The van der Waals surface area contributed by atoms with E-state index in [0.29, 0.717) is 12.8 Å². The van der Waals surface area contributed by atoms with E-state index in [1.807, 2.05) is 0 Å². The molecule has 0 fully saturated rings. The van der Waals surface area contributed by atoms with Crippen molar-refractivity contribution in [2.24, 2.45) is 0 Å². The highest BCUT2D eigenvalue weighted by Gasteiger charge is 2.09. The summed E-state index contributed by atoms with van der Waals surface area (Å²) >= 11 is 0. The van der Waals surface area contributed by atoms with Crippen LogP contribution in [0, 0.1) is 0 Å². The molecular formula is C26H50O3. The fourth-order valence-corrected chi connectivity index (χ4v) is 3.74. The van der Waals surface area contributed by atoms with Gasteiger partial charge in [-0.25, -0.2) is 0 Å². The summed E-state index contributed by atoms with van der Waals surface area (Å²) in [5.74, 6) is -0.664. The summed E-state index contributed by atoms with van der Waals surface area (Å²) < 4.78 is 4.94. The molecule has 0 bridgehead atoms. The number of carbonyl (C=O) groups excluding carboxylic acids is 2. The summed E-state index contributed by atoms with van der Waals surface area (Å²) in [6.45, 7) is 4.49. The van der Waals surface area contributed by atoms with Crippen LogP contribution >= 0.6 is 0 Å². The monoisotopic (exact) mass is 410 g/mol. The lowest BCUT2D eigenvalue weighted by Crippen LogP contribution is -2.11. The van der Waals surface area contributed by atoms with E-state index < -0.39 is 0 Å². The predicted molar refractivity (Wildman–Crippen MR) is 124 cm³/mol. The van der Waals surface area contributed by atoms with Gasteiger partial charge in [-0.15, -0.1) is 0 Å². The van der Waals surface area contributed by atoms with Crippen LogP contribution in [0.1, 0.15) is 155 Å². The zero-order chi connectivity index (χ0) is 21.4. The van der Waals surface area contributed by atoms with Crippen molar-refractivity contribution in [1.82, 2.24) is 0 Å². The molecular weight excluding hydrogens is 360 g/mol. The number of hydrogen-bond acceptors (Lipinski definition) is 3. The standard InChI is InChI=1S/C26H50O3/c1-3-5-7-9-11-13-15-17-19-21-23-25(27)29-26(28)24-22-20-18-16-14-12-10-8-6-4-2/h3-24H2,1-2H3. The van der Waals surface area contributed by atoms with E-state index in [9.17, 15) is 9.59 Å². The summed E-state index contributed by atoms with van der Waals surface area (Å²) in [5, 5.41) is 0. The Morgan fingerprint density at radius 2 is 0.655 bits per heavy atom. The highest BCUT2D eigenvalue weighted by molar-refractivity contribution is 5.85. The summed E-state index contributed by atoms with van der Waals surface area (Å²) in [6, 6.07) is 0. The van der Waals surface area contributed by atoms with Gasteiger partial charge in [0.1, 0.15) is 0 Å². The highest BCUT2D eigenvalue weighted by Crippen LogP contribution is 2.13. The second-order valence-electron chi connectivity index (χ2n) is 8.71. The molecule has 0 aliphatic carbocycles. The van der Waals surface area contributed by atoms with E-state index in [-0.39, 0.29) is 11.9 Å². The van der Waals surface area contributed by atoms with Crippen molar-refractivity contribution in [2.75, 3.05) is 0 Å². The molecule has 0 spiro atoms. The number of carbonyl (C=O) groups is 2. The summed E-state index contributed by atoms with van der Waals surface area (Å²) in [4.78, 5) is 23.5. The Morgan fingerprint density at radius 3 is 0.931 bits per heavy atom. The van der Waals surface area contributed by atoms with Gasteiger partial charge in [0.05, 0.1) is 0 Å². The molecule has 172 valence electrons. The topological polar surface area (TPSA) is 43.4 Å². The Bertz CT molecular complexity index is 331. The molecule has 3 nitrogen and oxygen atoms in total. The molecule has 0 radical (unpaired) electrons. The molecule has 0 aromatic rings. The van der Waals surface area contributed by atoms with Gasteiger partial charge in [0.15, 0.2) is 0 Å². The van der Waals surface area contributed by atoms with Crippen LogP contribution in [-0.4, -0.2) is 11.9 Å². The van der Waals surface area contributed by atoms with Crippen LogP contribution < -0.4 is 0 Å². The molecule has 0 aromatic carbocycles. The lowest BCUT2D eigenvalue weighted by molar-refractivity contribution is -0.159. The molecule has 0 aliphatic heterocycles. The minimum absolute atomic E-state index is 0.332. The summed E-state index contributed by atoms with van der Waals surface area (Å²) in [5.41, 5.74) is 0. The van der Waals surface area contributed by atoms with Crippen molar-refractivity contribution in [2.45, 2.75) is 155 Å². The Balaban J connectivity index is 3.32. The zero-order valence-corrected chi connectivity index (χ0v) is 19.8. The normalized spacial score (nSPS) is 11.0. The van der Waals surface area contributed by atoms with Gasteiger partial charge in [-0.3, -0.25) is 9.59 Å². The third-order valence-corrected chi connectivity index (χ3v) is 5.70. The molecule has 0 atom stereocenters. The molecule has 0 rings (SSSR count). The third kappa shape index (κ3) is 23.3. The SMILES string of the molecule is CCCCCCCCCCCCC(=O)OC(=O)CCCCCCCCCCCC. The molecule has 0 unspecified atom stereocenters. The Kier molecular flexibility index (Phi) is 22.7. The van der Waals surface area contributed by atoms with Crippen LogP contribution in [0.5, 0.6) is 0 Å². The second-order valence-corrected chi connectivity index (χ2v) is 8.71. The largest absolute Gasteiger partial charge is 0.393 e. The van der Waals surface area contributed by atoms with Gasteiger partial charge in [-0.2, -0.15) is 0 Å². The fourth-order valence-electron chi connectivity index (χ4n) is 3.74. The van der Waals surface area contributed by atoms with Gasteiger partial charge in [0.2, 0.25) is 0 Å². The minimum atomic E-state index is -0.332. The van der Waals surface area contributed by atoms with Crippen LogP contribution in [0.15, 0.2) is 0 Å². The number of unbranched alkanes of at least 4 members (excludes halogenated alkanes) is 18. The van der Waals surface area contributed by atoms with Crippen LogP contribution in [0.3, 0.4) is 0 Å². The van der Waals surface area contributed by atoms with Gasteiger partial charge >= 0.3 is 11.9 Å². The van der Waals surface area contributed by atoms with Crippen molar-refractivity contribution >= 4 is 11.9 Å². The van der Waals surface area contributed by atoms with E-state index >= 15 is 0 Å². The third-order valence-electron chi connectivity index (χ3n) is 5.70. The minimum Gasteiger partial charge on any atom is -0.393 e. The average Bonchev–Trinajstić information content (AvgIpc) is 2.70. The average molecular weight is 411 g/mol. The zero-order valence-electron chi connectivity index (χ0n) is 19.8. The first-order chi connectivity index (χ1) is 14.2. The highest BCUT2D eigenvalue weighted by atomic mass is 16.6. The van der Waals surface area contributed by atoms with Crippen LogP contribution in [0.2, 0.25) is 0 Å². The first kappa shape index (κ1) is 28.1. The maximum atomic E-state index is 11.7. The van der Waals surface area contributed by atoms with Crippen molar-refractivity contribution in [3.63, 3.8) is 0 Å². The van der Waals surface area contributed by atoms with E-state index in [0.717, 1.165) is 25.7 Å². The molecule has 0 heterocycles. The van der Waals surface area contributed by atoms with E-state index in [4.69, 9.17) is 4.74 Å². The van der Waals surface area contributed by atoms with Gasteiger partial charge in [0, 0.05) is 12.8 Å². The number of esters is 2. The van der Waals surface area contributed by atoms with E-state index in [2.05, 4.69) is 13.8 Å². The maximum absolute atomic E-state index is 11.7. The molecule has 0 saturated heterocycles. The Hall–Kier alpha value is -0.860. The second kappa shape index (κ2) is 23.4. The Labute approximate surface area is 181 Å². The first-order valence-electron chi connectivity index (χ1n) is 12.9. The lowest BCUT2D eigenvalue weighted by atomic mass is 10.1. The smallest absolute Gasteiger partial charge is 0.313 e. The molecule has 3 heteroatoms. The molecule has 0 aliphatic rings. The van der Waals surface area contributed by atoms with Crippen molar-refractivity contribution < 1.29 is 14.3 Å². The maximum Gasteiger partial charge on any atom is 0.313 e.